The average molecular weight is 333 g/mol. The molecule has 0 aliphatic carbocycles. The van der Waals surface area contributed by atoms with Crippen molar-refractivity contribution in [2.75, 3.05) is 27.9 Å². The number of rotatable bonds is 5. The van der Waals surface area contributed by atoms with E-state index in [0.717, 1.165) is 5.56 Å². The molecule has 118 valence electrons. The van der Waals surface area contributed by atoms with Crippen LogP contribution in [0, 0.1) is 6.92 Å². The molecular formula is C12H19N3O4S2. The van der Waals surface area contributed by atoms with Crippen molar-refractivity contribution in [2.24, 2.45) is 0 Å². The van der Waals surface area contributed by atoms with E-state index in [9.17, 15) is 16.8 Å². The Kier molecular flexibility index (Phi) is 4.45. The lowest BCUT2D eigenvalue weighted by Gasteiger charge is -2.20. The van der Waals surface area contributed by atoms with E-state index in [-0.39, 0.29) is 12.3 Å². The van der Waals surface area contributed by atoms with Crippen molar-refractivity contribution in [3.05, 3.63) is 23.8 Å². The first-order valence-electron chi connectivity index (χ1n) is 6.63. The van der Waals surface area contributed by atoms with Crippen molar-refractivity contribution in [1.29, 1.82) is 0 Å². The number of sulfonamides is 1. The van der Waals surface area contributed by atoms with Crippen LogP contribution in [0.25, 0.3) is 0 Å². The highest BCUT2D eigenvalue weighted by Gasteiger charge is 2.29. The van der Waals surface area contributed by atoms with Crippen LogP contribution in [0.1, 0.15) is 18.9 Å². The standard InChI is InChI=1S/C12H19N3O4S2/c1-3-13-21(18,19)14-11-6-5-10(2)12(9-11)15-7-4-8-20(15,16)17/h5-6,9,13-14H,3-4,7-8H2,1-2H3. The molecule has 21 heavy (non-hydrogen) atoms. The normalized spacial score (nSPS) is 17.9. The molecule has 1 fully saturated rings. The Hall–Kier alpha value is -1.32. The van der Waals surface area contributed by atoms with Crippen LogP contribution in [0.15, 0.2) is 18.2 Å². The van der Waals surface area contributed by atoms with E-state index in [1.54, 1.807) is 32.0 Å². The van der Waals surface area contributed by atoms with Crippen molar-refractivity contribution >= 4 is 31.6 Å². The van der Waals surface area contributed by atoms with E-state index in [1.165, 1.54) is 4.31 Å². The maximum absolute atomic E-state index is 12.0. The Morgan fingerprint density at radius 1 is 1.33 bits per heavy atom. The van der Waals surface area contributed by atoms with Crippen molar-refractivity contribution in [3.63, 3.8) is 0 Å². The molecule has 0 bridgehead atoms. The summed E-state index contributed by atoms with van der Waals surface area (Å²) < 4.78 is 53.4. The van der Waals surface area contributed by atoms with Gasteiger partial charge in [-0.15, -0.1) is 0 Å². The molecule has 2 N–H and O–H groups in total. The van der Waals surface area contributed by atoms with E-state index < -0.39 is 20.2 Å². The van der Waals surface area contributed by atoms with Gasteiger partial charge < -0.3 is 0 Å². The molecule has 1 aliphatic rings. The number of nitrogens with one attached hydrogen (secondary N) is 2. The fourth-order valence-electron chi connectivity index (χ4n) is 2.23. The van der Waals surface area contributed by atoms with Crippen LogP contribution >= 0.6 is 0 Å². The molecule has 1 heterocycles. The van der Waals surface area contributed by atoms with Gasteiger partial charge in [-0.2, -0.15) is 13.1 Å². The summed E-state index contributed by atoms with van der Waals surface area (Å²) in [4.78, 5) is 0. The van der Waals surface area contributed by atoms with Crippen LogP contribution in [0.4, 0.5) is 11.4 Å². The fraction of sp³-hybridized carbons (Fsp3) is 0.500. The van der Waals surface area contributed by atoms with E-state index in [1.807, 2.05) is 0 Å². The first kappa shape index (κ1) is 16.1. The first-order chi connectivity index (χ1) is 9.75. The third kappa shape index (κ3) is 3.66. The van der Waals surface area contributed by atoms with Crippen molar-refractivity contribution in [2.45, 2.75) is 20.3 Å². The molecule has 0 aromatic heterocycles. The summed E-state index contributed by atoms with van der Waals surface area (Å²) in [6, 6.07) is 4.86. The number of nitrogens with zero attached hydrogens (tertiary/aromatic N) is 1. The number of anilines is 2. The molecule has 0 saturated carbocycles. The highest BCUT2D eigenvalue weighted by atomic mass is 32.2. The molecule has 7 nitrogen and oxygen atoms in total. The van der Waals surface area contributed by atoms with Gasteiger partial charge in [0.25, 0.3) is 10.2 Å². The summed E-state index contributed by atoms with van der Waals surface area (Å²) in [5.41, 5.74) is 1.63. The molecule has 0 atom stereocenters. The van der Waals surface area contributed by atoms with Crippen molar-refractivity contribution < 1.29 is 16.8 Å². The maximum atomic E-state index is 12.0. The molecule has 1 saturated heterocycles. The summed E-state index contributed by atoms with van der Waals surface area (Å²) in [6.45, 7) is 4.17. The lowest BCUT2D eigenvalue weighted by molar-refractivity contribution is 0.589. The number of benzene rings is 1. The smallest absolute Gasteiger partial charge is 0.271 e. The Labute approximate surface area is 125 Å². The lowest BCUT2D eigenvalue weighted by Crippen LogP contribution is -2.30. The van der Waals surface area contributed by atoms with Crippen LogP contribution in [-0.2, 0) is 20.2 Å². The Morgan fingerprint density at radius 3 is 2.62 bits per heavy atom. The minimum atomic E-state index is -3.63. The van der Waals surface area contributed by atoms with Crippen LogP contribution < -0.4 is 13.7 Å². The van der Waals surface area contributed by atoms with Crippen LogP contribution in [-0.4, -0.2) is 35.7 Å². The molecule has 9 heteroatoms. The average Bonchev–Trinajstić information content (AvgIpc) is 2.71. The summed E-state index contributed by atoms with van der Waals surface area (Å²) in [5.74, 6) is 0.125. The lowest BCUT2D eigenvalue weighted by atomic mass is 10.2. The maximum Gasteiger partial charge on any atom is 0.299 e. The zero-order chi connectivity index (χ0) is 15.7. The fourth-order valence-corrected chi connectivity index (χ4v) is 4.74. The SMILES string of the molecule is CCNS(=O)(=O)Nc1ccc(C)c(N2CCCS2(=O)=O)c1. The molecule has 0 radical (unpaired) electrons. The topological polar surface area (TPSA) is 95.6 Å². The predicted octanol–water partition coefficient (Wildman–Crippen LogP) is 0.801. The molecule has 2 rings (SSSR count). The van der Waals surface area contributed by atoms with E-state index >= 15 is 0 Å². The molecule has 0 amide bonds. The molecule has 1 aromatic carbocycles. The van der Waals surface area contributed by atoms with Crippen LogP contribution in [0.3, 0.4) is 0 Å². The van der Waals surface area contributed by atoms with E-state index in [4.69, 9.17) is 0 Å². The van der Waals surface area contributed by atoms with Gasteiger partial charge in [0, 0.05) is 13.1 Å². The third-order valence-corrected chi connectivity index (χ3v) is 6.19. The quantitative estimate of drug-likeness (QED) is 0.833. The molecular weight excluding hydrogens is 314 g/mol. The van der Waals surface area contributed by atoms with Crippen molar-refractivity contribution in [3.8, 4) is 0 Å². The van der Waals surface area contributed by atoms with Gasteiger partial charge in [-0.25, -0.2) is 8.42 Å². The molecule has 0 spiro atoms. The Morgan fingerprint density at radius 2 is 2.05 bits per heavy atom. The van der Waals surface area contributed by atoms with Crippen LogP contribution in [0.2, 0.25) is 0 Å². The Bertz CT molecular complexity index is 729. The second kappa shape index (κ2) is 5.82. The minimum Gasteiger partial charge on any atom is -0.271 e. The molecule has 0 unspecified atom stereocenters. The van der Waals surface area contributed by atoms with Gasteiger partial charge >= 0.3 is 0 Å². The number of hydrogen-bond donors (Lipinski definition) is 2. The predicted molar refractivity (Wildman–Crippen MR) is 83.1 cm³/mol. The van der Waals surface area contributed by atoms with Crippen LogP contribution in [0.5, 0.6) is 0 Å². The van der Waals surface area contributed by atoms with Gasteiger partial charge in [-0.05, 0) is 31.0 Å². The first-order valence-corrected chi connectivity index (χ1v) is 9.73. The van der Waals surface area contributed by atoms with E-state index in [0.29, 0.717) is 24.3 Å². The van der Waals surface area contributed by atoms with E-state index in [2.05, 4.69) is 9.44 Å². The summed E-state index contributed by atoms with van der Waals surface area (Å²) in [6.07, 6.45) is 0.578. The Balaban J connectivity index is 2.34. The highest BCUT2D eigenvalue weighted by molar-refractivity contribution is 7.93. The third-order valence-electron chi connectivity index (χ3n) is 3.16. The minimum absolute atomic E-state index is 0.125. The van der Waals surface area contributed by atoms with Gasteiger partial charge in [0.2, 0.25) is 10.0 Å². The molecule has 1 aromatic rings. The summed E-state index contributed by atoms with van der Waals surface area (Å²) in [5, 5.41) is 0. The molecule has 1 aliphatic heterocycles. The zero-order valence-electron chi connectivity index (χ0n) is 12.0. The second-order valence-electron chi connectivity index (χ2n) is 4.85. The number of hydrogen-bond acceptors (Lipinski definition) is 4. The largest absolute Gasteiger partial charge is 0.299 e. The monoisotopic (exact) mass is 333 g/mol. The van der Waals surface area contributed by atoms with Gasteiger partial charge in [-0.1, -0.05) is 13.0 Å². The summed E-state index contributed by atoms with van der Waals surface area (Å²) >= 11 is 0. The van der Waals surface area contributed by atoms with Gasteiger partial charge in [-0.3, -0.25) is 9.03 Å². The summed E-state index contributed by atoms with van der Waals surface area (Å²) in [7, 11) is -6.93. The van der Waals surface area contributed by atoms with Crippen molar-refractivity contribution in [1.82, 2.24) is 4.72 Å². The number of aryl methyl sites for hydroxylation is 1. The van der Waals surface area contributed by atoms with Gasteiger partial charge in [0.15, 0.2) is 0 Å². The zero-order valence-corrected chi connectivity index (χ0v) is 13.6. The highest BCUT2D eigenvalue weighted by Crippen LogP contribution is 2.30. The van der Waals surface area contributed by atoms with Gasteiger partial charge in [0.1, 0.15) is 0 Å². The second-order valence-corrected chi connectivity index (χ2v) is 8.36. The van der Waals surface area contributed by atoms with Gasteiger partial charge in [0.05, 0.1) is 17.1 Å².